The smallest absolute Gasteiger partial charge is 0.164 e. The molecule has 4 aromatic heterocycles. The van der Waals surface area contributed by atoms with Gasteiger partial charge in [-0.1, -0.05) is 319 Å². The number of benzene rings is 8. The third-order valence-corrected chi connectivity index (χ3v) is 23.5. The van der Waals surface area contributed by atoms with Gasteiger partial charge >= 0.3 is 0 Å². The number of carbonyl (C=O) groups is 4. The van der Waals surface area contributed by atoms with Gasteiger partial charge in [-0.2, -0.15) is 0 Å². The molecule has 12 aromatic rings. The Bertz CT molecular complexity index is 6030. The molecule has 16 heteroatoms. The normalized spacial score (nSPS) is 12.4. The number of hydrogen-bond donors (Lipinski definition) is 4. The van der Waals surface area contributed by atoms with Crippen LogP contribution in [0.2, 0.25) is 0 Å². The first kappa shape index (κ1) is 127. The summed E-state index contributed by atoms with van der Waals surface area (Å²) in [5.74, 6) is 1.94. The van der Waals surface area contributed by atoms with Crippen LogP contribution in [-0.2, 0) is 105 Å². The Hall–Kier alpha value is -9.16. The Morgan fingerprint density at radius 2 is 0.681 bits per heavy atom. The van der Waals surface area contributed by atoms with Crippen molar-refractivity contribution >= 4 is 66.7 Å². The molecule has 12 rings (SSSR count). The summed E-state index contributed by atoms with van der Waals surface area (Å²) in [4.78, 5) is 63.6. The Morgan fingerprint density at radius 3 is 1.04 bits per heavy atom. The molecule has 0 amide bonds. The first-order valence-electron chi connectivity index (χ1n) is 47.6. The van der Waals surface area contributed by atoms with E-state index in [0.717, 1.165) is 115 Å². The van der Waals surface area contributed by atoms with Crippen LogP contribution in [0.15, 0.2) is 211 Å². The summed E-state index contributed by atoms with van der Waals surface area (Å²) in [6, 6.07) is 72.0. The van der Waals surface area contributed by atoms with E-state index in [1.165, 1.54) is 110 Å². The Morgan fingerprint density at radius 1 is 0.348 bits per heavy atom. The molecule has 0 fully saturated rings. The van der Waals surface area contributed by atoms with Gasteiger partial charge in [-0.15, -0.1) is 140 Å². The molecule has 0 bridgehead atoms. The first-order valence-corrected chi connectivity index (χ1v) is 47.6. The summed E-state index contributed by atoms with van der Waals surface area (Å²) in [7, 11) is 0. The predicted molar refractivity (Wildman–Crippen MR) is 568 cm³/mol. The monoisotopic (exact) mass is 2580 g/mol. The van der Waals surface area contributed by atoms with Gasteiger partial charge in [0.05, 0.1) is 33.6 Å². The van der Waals surface area contributed by atoms with Gasteiger partial charge in [-0.25, -0.2) is 0 Å². The molecule has 0 saturated heterocycles. The maximum Gasteiger partial charge on any atom is 0.164 e. The van der Waals surface area contributed by atoms with Crippen molar-refractivity contribution in [3.05, 3.63) is 308 Å². The largest absolute Gasteiger partial charge is 0.512 e. The zero-order valence-corrected chi connectivity index (χ0v) is 98.7. The van der Waals surface area contributed by atoms with E-state index in [1.807, 2.05) is 111 Å². The van der Waals surface area contributed by atoms with Crippen LogP contribution in [0, 0.1) is 120 Å². The fourth-order valence-electron chi connectivity index (χ4n) is 14.3. The van der Waals surface area contributed by atoms with Crippen LogP contribution in [-0.4, -0.2) is 63.5 Å². The minimum absolute atomic E-state index is 0. The molecule has 3 atom stereocenters. The van der Waals surface area contributed by atoms with Crippen molar-refractivity contribution in [2.24, 2.45) is 33.5 Å². The van der Waals surface area contributed by atoms with Gasteiger partial charge in [0.15, 0.2) is 23.1 Å². The van der Waals surface area contributed by atoms with Gasteiger partial charge in [-0.05, 0) is 144 Å². The molecule has 138 heavy (non-hydrogen) atoms. The second-order valence-corrected chi connectivity index (χ2v) is 41.5. The molecule has 12 nitrogen and oxygen atoms in total. The number of aromatic nitrogens is 4. The summed E-state index contributed by atoms with van der Waals surface area (Å²) >= 11 is 0. The molecule has 0 aliphatic carbocycles. The fraction of sp³-hybridized carbons (Fsp3) is 0.410. The van der Waals surface area contributed by atoms with Crippen LogP contribution in [0.1, 0.15) is 303 Å². The van der Waals surface area contributed by atoms with E-state index in [-0.39, 0.29) is 155 Å². The number of fused-ring (bicyclic) bond motifs is 4. The number of nitrogens with zero attached hydrogens (tertiary/aromatic N) is 4. The van der Waals surface area contributed by atoms with Crippen LogP contribution in [0.4, 0.5) is 0 Å². The first-order chi connectivity index (χ1) is 62.2. The van der Waals surface area contributed by atoms with Crippen LogP contribution >= 0.6 is 0 Å². The zero-order chi connectivity index (χ0) is 101. The number of para-hydroxylation sites is 1. The molecule has 0 saturated carbocycles. The van der Waals surface area contributed by atoms with E-state index < -0.39 is 10.8 Å². The van der Waals surface area contributed by atoms with Crippen molar-refractivity contribution in [2.75, 3.05) is 0 Å². The fourth-order valence-corrected chi connectivity index (χ4v) is 14.3. The number of pyridine rings is 4. The van der Waals surface area contributed by atoms with E-state index in [9.17, 15) is 34.5 Å². The summed E-state index contributed by atoms with van der Waals surface area (Å²) in [6.07, 6.45) is 9.68. The molecule has 4 heterocycles. The molecule has 0 aliphatic rings. The number of ketones is 4. The van der Waals surface area contributed by atoms with Crippen LogP contribution in [0.3, 0.4) is 0 Å². The number of hydrogen-bond acceptors (Lipinski definition) is 12. The molecule has 3 unspecified atom stereocenters. The molecule has 0 aliphatic heterocycles. The van der Waals surface area contributed by atoms with E-state index in [2.05, 4.69) is 313 Å². The average Bonchev–Trinajstić information content (AvgIpc) is 0.787. The molecule has 8 aromatic carbocycles. The number of allylic oxidation sites excluding steroid dienone is 8. The number of aliphatic hydroxyl groups is 4. The van der Waals surface area contributed by atoms with Crippen molar-refractivity contribution in [2.45, 2.75) is 298 Å². The third kappa shape index (κ3) is 39.7. The van der Waals surface area contributed by atoms with Gasteiger partial charge < -0.3 is 20.4 Å². The Kier molecular flexibility index (Phi) is 52.5. The summed E-state index contributed by atoms with van der Waals surface area (Å²) in [6.45, 7) is 71.8. The standard InChI is InChI=1S/2C22H24N.2C21H22N.2C11H20O2.C9H16O2.C5H8O2.4Ir/c1-6-16(4)19-8-7-9-20-22(19)17(5)13-21(23-20)18-11-14(2)10-15(3)12-18;1-6-22(4,5)19-8-7-9-21-18(19)10-11-20(23-21)17-13-15(2)12-16(3)14-17;1-5-16(4)18-7-6-8-21-19(18)9-10-20(22-21)17-12-14(2)11-15(3)13-17;1-5-16(4)19-13-21(17-11-14(2)10-15(3)12-17)22-20-9-7-6-8-18(19)20;2*1-10(2,3)8(12)7-9(13)11(4,5)6;1-6(2)8(10)5-9(11)7(3)4;1-4(6)3-5(2)7;;;;/h7-11,13,16H,6H2,1-5H3;7-13H,6H2,1-5H3;6-12,16H,5H2,1-4H3;6-11,13,16H,5H2,1-4H3;2*7,12H,1-6H3;5-7,10H,1-4H3;3,6H,1-2H3;;;;/q4*-1;;;;;;;;. The topological polar surface area (TPSA) is 201 Å². The van der Waals surface area contributed by atoms with Crippen molar-refractivity contribution in [3.8, 4) is 45.0 Å². The number of carbonyl (C=O) groups excluding carboxylic acids is 4. The summed E-state index contributed by atoms with van der Waals surface area (Å²) in [5, 5.41) is 41.8. The van der Waals surface area contributed by atoms with E-state index in [4.69, 9.17) is 25.0 Å². The van der Waals surface area contributed by atoms with Crippen LogP contribution in [0.5, 0.6) is 0 Å². The van der Waals surface area contributed by atoms with Gasteiger partial charge in [0.25, 0.3) is 0 Å². The van der Waals surface area contributed by atoms with Crippen LogP contribution < -0.4 is 0 Å². The second-order valence-electron chi connectivity index (χ2n) is 41.5. The van der Waals surface area contributed by atoms with E-state index in [0.29, 0.717) is 17.8 Å². The number of aryl methyl sites for hydroxylation is 9. The SMILES string of the molecule is CC(=O)C=C(C)O.CC(C)(C)C(=O)C=C(O)C(C)(C)C.CC(C)(C)C(=O)C=C(O)C(C)(C)C.CC(C)C(=O)C=C(O)C(C)C.CCC(C)(C)c1cccc2nc(-c3[c-]c(C)cc(C)c3)ccc12.CCC(C)c1cc(-c2[c-]c(C)cc(C)c2)nc2ccccc12.CCC(C)c1cccc2nc(-c3[c-]c(C)cc(C)c3)cc(C)c12.CCC(C)c1cccc2nc(-c3[c-]c(C)cc(C)c3)ccc12.[Ir].[Ir].[Ir].[Ir]. The number of rotatable bonds is 18. The second kappa shape index (κ2) is 57.1. The molecule has 0 spiro atoms. The summed E-state index contributed by atoms with van der Waals surface area (Å²) in [5.41, 5.74) is 27.8. The summed E-state index contributed by atoms with van der Waals surface area (Å²) < 4.78 is 0. The van der Waals surface area contributed by atoms with Gasteiger partial charge in [0, 0.05) is 160 Å². The van der Waals surface area contributed by atoms with Crippen molar-refractivity contribution in [1.29, 1.82) is 0 Å². The van der Waals surface area contributed by atoms with Crippen LogP contribution in [0.25, 0.3) is 88.6 Å². The van der Waals surface area contributed by atoms with E-state index >= 15 is 0 Å². The van der Waals surface area contributed by atoms with Gasteiger partial charge in [0.1, 0.15) is 11.5 Å². The van der Waals surface area contributed by atoms with Gasteiger partial charge in [-0.3, -0.25) is 39.1 Å². The maximum absolute atomic E-state index is 11.5. The predicted octanol–water partition coefficient (Wildman–Crippen LogP) is 33.3. The maximum atomic E-state index is 11.5. The Balaban J connectivity index is 0.000000804. The molecule has 4 N–H and O–H groups in total. The average molecular weight is 2580 g/mol. The Labute approximate surface area is 883 Å². The number of aliphatic hydroxyl groups excluding tert-OH is 4. The van der Waals surface area contributed by atoms with E-state index in [1.54, 1.807) is 0 Å². The molecular weight excluding hydrogens is 2420 g/mol. The quantitative estimate of drug-likeness (QED) is 0.0360. The third-order valence-electron chi connectivity index (χ3n) is 23.5. The molecule has 4 radical (unpaired) electrons. The van der Waals surface area contributed by atoms with Crippen molar-refractivity contribution in [1.82, 2.24) is 19.9 Å². The van der Waals surface area contributed by atoms with Crippen molar-refractivity contribution < 1.29 is 120 Å². The zero-order valence-electron chi connectivity index (χ0n) is 89.2. The van der Waals surface area contributed by atoms with Crippen molar-refractivity contribution in [3.63, 3.8) is 0 Å². The molecular formula is C122H156Ir4N4O8-4. The minimum Gasteiger partial charge on any atom is -0.512 e. The van der Waals surface area contributed by atoms with Gasteiger partial charge in [0.2, 0.25) is 0 Å². The minimum atomic E-state index is -0.417. The molecule has 752 valence electrons.